The highest BCUT2D eigenvalue weighted by Gasteiger charge is 2.18. The van der Waals surface area contributed by atoms with E-state index in [0.29, 0.717) is 12.8 Å². The van der Waals surface area contributed by atoms with Crippen LogP contribution in [-0.4, -0.2) is 23.0 Å². The maximum absolute atomic E-state index is 11.7. The summed E-state index contributed by atoms with van der Waals surface area (Å²) < 4.78 is 0.899. The van der Waals surface area contributed by atoms with Gasteiger partial charge < -0.3 is 10.4 Å². The molecule has 1 aromatic carbocycles. The second-order valence-electron chi connectivity index (χ2n) is 4.05. The van der Waals surface area contributed by atoms with Gasteiger partial charge in [0.05, 0.1) is 6.42 Å². The number of rotatable bonds is 6. The Labute approximate surface area is 115 Å². The predicted octanol–water partition coefficient (Wildman–Crippen LogP) is 2.36. The van der Waals surface area contributed by atoms with E-state index in [-0.39, 0.29) is 12.3 Å². The van der Waals surface area contributed by atoms with Crippen LogP contribution in [-0.2, 0) is 16.0 Å². The first-order chi connectivity index (χ1) is 8.52. The third kappa shape index (κ3) is 4.87. The fourth-order valence-electron chi connectivity index (χ4n) is 1.62. The zero-order valence-electron chi connectivity index (χ0n) is 10.1. The molecule has 1 amide bonds. The number of amides is 1. The highest BCUT2D eigenvalue weighted by atomic mass is 79.9. The maximum Gasteiger partial charge on any atom is 0.326 e. The minimum atomic E-state index is -0.987. The monoisotopic (exact) mass is 313 g/mol. The summed E-state index contributed by atoms with van der Waals surface area (Å²) in [5.74, 6) is -1.26. The predicted molar refractivity (Wildman–Crippen MR) is 72.3 cm³/mol. The Morgan fingerprint density at radius 1 is 1.44 bits per heavy atom. The van der Waals surface area contributed by atoms with E-state index in [1.54, 1.807) is 0 Å². The molecule has 0 saturated heterocycles. The van der Waals surface area contributed by atoms with Gasteiger partial charge in [0.15, 0.2) is 0 Å². The van der Waals surface area contributed by atoms with E-state index in [2.05, 4.69) is 21.2 Å². The highest BCUT2D eigenvalue weighted by molar-refractivity contribution is 9.10. The molecule has 0 fully saturated rings. The molecule has 0 aliphatic carbocycles. The SMILES string of the molecule is CCCC(NC(=O)Cc1cccc(Br)c1)C(=O)O. The van der Waals surface area contributed by atoms with Crippen molar-refractivity contribution in [3.63, 3.8) is 0 Å². The average Bonchev–Trinajstić information content (AvgIpc) is 2.28. The van der Waals surface area contributed by atoms with Crippen LogP contribution in [0.2, 0.25) is 0 Å². The van der Waals surface area contributed by atoms with Crippen molar-refractivity contribution < 1.29 is 14.7 Å². The number of aliphatic carboxylic acids is 1. The van der Waals surface area contributed by atoms with Gasteiger partial charge in [0.1, 0.15) is 6.04 Å². The van der Waals surface area contributed by atoms with Crippen molar-refractivity contribution in [3.05, 3.63) is 34.3 Å². The minimum absolute atomic E-state index is 0.187. The Kier molecular flexibility index (Phi) is 5.85. The van der Waals surface area contributed by atoms with Crippen LogP contribution in [0.25, 0.3) is 0 Å². The van der Waals surface area contributed by atoms with Crippen LogP contribution in [0.3, 0.4) is 0 Å². The largest absolute Gasteiger partial charge is 0.480 e. The molecular formula is C13H16BrNO3. The molecule has 0 saturated carbocycles. The molecule has 1 atom stereocenters. The number of carboxylic acid groups (broad SMARTS) is 1. The zero-order valence-corrected chi connectivity index (χ0v) is 11.7. The number of hydrogen-bond acceptors (Lipinski definition) is 2. The minimum Gasteiger partial charge on any atom is -0.480 e. The lowest BCUT2D eigenvalue weighted by Crippen LogP contribution is -2.41. The number of carbonyl (C=O) groups is 2. The first kappa shape index (κ1) is 14.7. The van der Waals surface area contributed by atoms with E-state index in [4.69, 9.17) is 5.11 Å². The third-order valence-corrected chi connectivity index (χ3v) is 2.96. The van der Waals surface area contributed by atoms with Crippen LogP contribution in [0.1, 0.15) is 25.3 Å². The lowest BCUT2D eigenvalue weighted by molar-refractivity contribution is -0.141. The fraction of sp³-hybridized carbons (Fsp3) is 0.385. The van der Waals surface area contributed by atoms with Gasteiger partial charge in [0.25, 0.3) is 0 Å². The molecule has 1 rings (SSSR count). The molecule has 0 aromatic heterocycles. The summed E-state index contributed by atoms with van der Waals surface area (Å²) in [6.07, 6.45) is 1.35. The van der Waals surface area contributed by atoms with E-state index < -0.39 is 12.0 Å². The van der Waals surface area contributed by atoms with Gasteiger partial charge in [0, 0.05) is 4.47 Å². The number of carbonyl (C=O) groups excluding carboxylic acids is 1. The molecule has 0 aliphatic heterocycles. The molecule has 4 nitrogen and oxygen atoms in total. The summed E-state index contributed by atoms with van der Waals surface area (Å²) in [7, 11) is 0. The standard InChI is InChI=1S/C13H16BrNO3/c1-2-4-11(13(17)18)15-12(16)8-9-5-3-6-10(14)7-9/h3,5-7,11H,2,4,8H2,1H3,(H,15,16)(H,17,18). The summed E-state index contributed by atoms with van der Waals surface area (Å²) in [5.41, 5.74) is 0.850. The van der Waals surface area contributed by atoms with Crippen molar-refractivity contribution in [2.45, 2.75) is 32.2 Å². The number of hydrogen-bond donors (Lipinski definition) is 2. The fourth-order valence-corrected chi connectivity index (χ4v) is 2.07. The van der Waals surface area contributed by atoms with E-state index in [1.165, 1.54) is 0 Å². The van der Waals surface area contributed by atoms with Crippen molar-refractivity contribution in [1.29, 1.82) is 0 Å². The number of nitrogens with one attached hydrogen (secondary N) is 1. The molecule has 0 aliphatic rings. The number of benzene rings is 1. The average molecular weight is 314 g/mol. The number of carboxylic acids is 1. The first-order valence-corrected chi connectivity index (χ1v) is 6.59. The van der Waals surface area contributed by atoms with Gasteiger partial charge in [-0.3, -0.25) is 4.79 Å². The van der Waals surface area contributed by atoms with Crippen LogP contribution in [0.4, 0.5) is 0 Å². The van der Waals surface area contributed by atoms with E-state index in [1.807, 2.05) is 31.2 Å². The Morgan fingerprint density at radius 2 is 2.17 bits per heavy atom. The number of halogens is 1. The first-order valence-electron chi connectivity index (χ1n) is 5.79. The molecule has 18 heavy (non-hydrogen) atoms. The van der Waals surface area contributed by atoms with Gasteiger partial charge in [-0.25, -0.2) is 4.79 Å². The van der Waals surface area contributed by atoms with Crippen molar-refractivity contribution in [1.82, 2.24) is 5.32 Å². The van der Waals surface area contributed by atoms with Crippen LogP contribution >= 0.6 is 15.9 Å². The van der Waals surface area contributed by atoms with Crippen molar-refractivity contribution >= 4 is 27.8 Å². The van der Waals surface area contributed by atoms with Crippen LogP contribution in [0.15, 0.2) is 28.7 Å². The lowest BCUT2D eigenvalue weighted by atomic mass is 10.1. The lowest BCUT2D eigenvalue weighted by Gasteiger charge is -2.13. The zero-order chi connectivity index (χ0) is 13.5. The van der Waals surface area contributed by atoms with Crippen molar-refractivity contribution in [2.24, 2.45) is 0 Å². The van der Waals surface area contributed by atoms with Gasteiger partial charge in [-0.2, -0.15) is 0 Å². The summed E-state index contributed by atoms with van der Waals surface area (Å²) in [4.78, 5) is 22.6. The van der Waals surface area contributed by atoms with Gasteiger partial charge in [0.2, 0.25) is 5.91 Å². The molecule has 0 radical (unpaired) electrons. The third-order valence-electron chi connectivity index (χ3n) is 2.46. The highest BCUT2D eigenvalue weighted by Crippen LogP contribution is 2.12. The molecule has 0 spiro atoms. The normalized spacial score (nSPS) is 11.9. The van der Waals surface area contributed by atoms with Gasteiger partial charge in [-0.15, -0.1) is 0 Å². The van der Waals surface area contributed by atoms with Crippen molar-refractivity contribution in [2.75, 3.05) is 0 Å². The Hall–Kier alpha value is -1.36. The maximum atomic E-state index is 11.7. The van der Waals surface area contributed by atoms with E-state index >= 15 is 0 Å². The molecule has 0 bridgehead atoms. The van der Waals surface area contributed by atoms with Gasteiger partial charge in [-0.1, -0.05) is 41.4 Å². The molecular weight excluding hydrogens is 298 g/mol. The Balaban J connectivity index is 2.57. The summed E-state index contributed by atoms with van der Waals surface area (Å²) in [6, 6.07) is 6.59. The molecule has 2 N–H and O–H groups in total. The smallest absolute Gasteiger partial charge is 0.326 e. The topological polar surface area (TPSA) is 66.4 Å². The Morgan fingerprint density at radius 3 is 2.72 bits per heavy atom. The molecule has 0 heterocycles. The van der Waals surface area contributed by atoms with Gasteiger partial charge in [-0.05, 0) is 24.1 Å². The summed E-state index contributed by atoms with van der Waals surface area (Å²) in [6.45, 7) is 1.89. The van der Waals surface area contributed by atoms with Crippen LogP contribution in [0.5, 0.6) is 0 Å². The van der Waals surface area contributed by atoms with Crippen molar-refractivity contribution in [3.8, 4) is 0 Å². The van der Waals surface area contributed by atoms with E-state index in [9.17, 15) is 9.59 Å². The molecule has 98 valence electrons. The Bertz CT molecular complexity index is 434. The van der Waals surface area contributed by atoms with E-state index in [0.717, 1.165) is 10.0 Å². The van der Waals surface area contributed by atoms with Gasteiger partial charge >= 0.3 is 5.97 Å². The molecule has 5 heteroatoms. The second kappa shape index (κ2) is 7.16. The summed E-state index contributed by atoms with van der Waals surface area (Å²) in [5, 5.41) is 11.5. The quantitative estimate of drug-likeness (QED) is 0.847. The van der Waals surface area contributed by atoms with Crippen LogP contribution < -0.4 is 5.32 Å². The second-order valence-corrected chi connectivity index (χ2v) is 4.97. The summed E-state index contributed by atoms with van der Waals surface area (Å²) >= 11 is 3.33. The molecule has 1 unspecified atom stereocenters. The van der Waals surface area contributed by atoms with Crippen LogP contribution in [0, 0.1) is 0 Å². The molecule has 1 aromatic rings.